The molecular weight excluding hydrogens is 260 g/mol. The molecule has 0 fully saturated rings. The van der Waals surface area contributed by atoms with Crippen molar-refractivity contribution < 1.29 is 14.3 Å². The molecule has 7 nitrogen and oxygen atoms in total. The Kier molecular flexibility index (Phi) is 3.99. The highest BCUT2D eigenvalue weighted by atomic mass is 16.5. The maximum atomic E-state index is 12.0. The first kappa shape index (κ1) is 13.6. The summed E-state index contributed by atoms with van der Waals surface area (Å²) in [5.41, 5.74) is 6.06. The molecule has 1 aromatic heterocycles. The Balaban J connectivity index is 2.24. The van der Waals surface area contributed by atoms with Crippen LogP contribution in [-0.2, 0) is 0 Å². The second kappa shape index (κ2) is 5.87. The minimum atomic E-state index is -0.413. The number of amides is 1. The van der Waals surface area contributed by atoms with E-state index in [0.29, 0.717) is 17.2 Å². The summed E-state index contributed by atoms with van der Waals surface area (Å²) in [7, 11) is 3.05. The molecule has 0 aliphatic carbocycles. The van der Waals surface area contributed by atoms with Gasteiger partial charge >= 0.3 is 0 Å². The van der Waals surface area contributed by atoms with E-state index < -0.39 is 5.91 Å². The maximum Gasteiger partial charge on any atom is 0.275 e. The molecule has 1 aromatic carbocycles. The first-order valence-electron chi connectivity index (χ1n) is 5.75. The average Bonchev–Trinajstić information content (AvgIpc) is 2.47. The summed E-state index contributed by atoms with van der Waals surface area (Å²) in [6.45, 7) is 0. The molecular formula is C13H14N4O3. The highest BCUT2D eigenvalue weighted by Crippen LogP contribution is 2.29. The van der Waals surface area contributed by atoms with E-state index >= 15 is 0 Å². The van der Waals surface area contributed by atoms with Gasteiger partial charge in [0.2, 0.25) is 0 Å². The number of methoxy groups -OCH3 is 2. The number of benzene rings is 1. The minimum absolute atomic E-state index is 0.157. The Morgan fingerprint density at radius 1 is 1.20 bits per heavy atom. The van der Waals surface area contributed by atoms with Crippen LogP contribution in [0.5, 0.6) is 11.5 Å². The van der Waals surface area contributed by atoms with Gasteiger partial charge in [-0.15, -0.1) is 0 Å². The summed E-state index contributed by atoms with van der Waals surface area (Å²) >= 11 is 0. The highest BCUT2D eigenvalue weighted by molar-refractivity contribution is 6.03. The largest absolute Gasteiger partial charge is 0.497 e. The first-order chi connectivity index (χ1) is 9.63. The summed E-state index contributed by atoms with van der Waals surface area (Å²) in [4.78, 5) is 19.8. The van der Waals surface area contributed by atoms with Crippen molar-refractivity contribution in [3.05, 3.63) is 36.3 Å². The first-order valence-corrected chi connectivity index (χ1v) is 5.75. The van der Waals surface area contributed by atoms with Crippen molar-refractivity contribution in [3.63, 3.8) is 0 Å². The van der Waals surface area contributed by atoms with Gasteiger partial charge in [-0.1, -0.05) is 0 Å². The normalized spacial score (nSPS) is 9.90. The van der Waals surface area contributed by atoms with Crippen LogP contribution in [0.25, 0.3) is 0 Å². The van der Waals surface area contributed by atoms with E-state index in [-0.39, 0.29) is 11.5 Å². The number of hydrogen-bond acceptors (Lipinski definition) is 6. The molecule has 0 atom stereocenters. The Morgan fingerprint density at radius 3 is 2.60 bits per heavy atom. The molecule has 0 aliphatic rings. The van der Waals surface area contributed by atoms with Gasteiger partial charge in [-0.2, -0.15) is 0 Å². The zero-order valence-electron chi connectivity index (χ0n) is 11.1. The fraction of sp³-hybridized carbons (Fsp3) is 0.154. The van der Waals surface area contributed by atoms with Crippen LogP contribution < -0.4 is 20.5 Å². The van der Waals surface area contributed by atoms with Gasteiger partial charge in [0.05, 0.1) is 32.3 Å². The van der Waals surface area contributed by atoms with Crippen molar-refractivity contribution in [2.24, 2.45) is 0 Å². The van der Waals surface area contributed by atoms with E-state index in [1.54, 1.807) is 25.3 Å². The van der Waals surface area contributed by atoms with Crippen LogP contribution in [0.2, 0.25) is 0 Å². The number of nitrogens with one attached hydrogen (secondary N) is 1. The number of aromatic nitrogens is 2. The number of anilines is 2. The lowest BCUT2D eigenvalue weighted by molar-refractivity contribution is 0.102. The van der Waals surface area contributed by atoms with E-state index in [9.17, 15) is 4.79 Å². The van der Waals surface area contributed by atoms with Crippen molar-refractivity contribution >= 4 is 17.4 Å². The van der Waals surface area contributed by atoms with Crippen LogP contribution in [0.1, 0.15) is 10.5 Å². The van der Waals surface area contributed by atoms with Crippen LogP contribution >= 0.6 is 0 Å². The third kappa shape index (κ3) is 2.94. The molecule has 1 heterocycles. The predicted molar refractivity (Wildman–Crippen MR) is 73.9 cm³/mol. The van der Waals surface area contributed by atoms with Crippen molar-refractivity contribution in [2.45, 2.75) is 0 Å². The second-order valence-electron chi connectivity index (χ2n) is 3.85. The number of rotatable bonds is 4. The van der Waals surface area contributed by atoms with E-state index in [1.807, 2.05) is 0 Å². The fourth-order valence-corrected chi connectivity index (χ4v) is 1.55. The monoisotopic (exact) mass is 274 g/mol. The van der Waals surface area contributed by atoms with Crippen molar-refractivity contribution in [1.82, 2.24) is 9.97 Å². The molecule has 104 valence electrons. The number of hydrogen-bond donors (Lipinski definition) is 2. The Hall–Kier alpha value is -2.83. The average molecular weight is 274 g/mol. The molecule has 0 spiro atoms. The van der Waals surface area contributed by atoms with Gasteiger partial charge in [-0.3, -0.25) is 4.79 Å². The van der Waals surface area contributed by atoms with E-state index in [0.717, 1.165) is 0 Å². The lowest BCUT2D eigenvalue weighted by Gasteiger charge is -2.11. The Morgan fingerprint density at radius 2 is 2.00 bits per heavy atom. The molecule has 2 aromatic rings. The Labute approximate surface area is 115 Å². The molecule has 0 bridgehead atoms. The standard InChI is InChI=1S/C13H14N4O3/c1-19-8-3-4-11(20-2)9(5-8)17-13(18)10-6-16-12(14)7-15-10/h3-7H,1-2H3,(H2,14,16)(H,17,18). The van der Waals surface area contributed by atoms with E-state index in [4.69, 9.17) is 15.2 Å². The number of nitrogen functional groups attached to an aromatic ring is 1. The molecule has 3 N–H and O–H groups in total. The summed E-state index contributed by atoms with van der Waals surface area (Å²) in [5.74, 6) is 0.955. The fourth-order valence-electron chi connectivity index (χ4n) is 1.55. The number of nitrogens with zero attached hydrogens (tertiary/aromatic N) is 2. The lowest BCUT2D eigenvalue weighted by Crippen LogP contribution is -2.15. The predicted octanol–water partition coefficient (Wildman–Crippen LogP) is 1.33. The van der Waals surface area contributed by atoms with Gasteiger partial charge in [-0.05, 0) is 12.1 Å². The van der Waals surface area contributed by atoms with E-state index in [1.165, 1.54) is 19.5 Å². The zero-order valence-corrected chi connectivity index (χ0v) is 11.1. The van der Waals surface area contributed by atoms with Crippen molar-refractivity contribution in [3.8, 4) is 11.5 Å². The molecule has 0 saturated heterocycles. The summed E-state index contributed by atoms with van der Waals surface area (Å²) in [5, 5.41) is 2.68. The van der Waals surface area contributed by atoms with Crippen LogP contribution in [0, 0.1) is 0 Å². The summed E-state index contributed by atoms with van der Waals surface area (Å²) in [6, 6.07) is 5.09. The minimum Gasteiger partial charge on any atom is -0.497 e. The van der Waals surface area contributed by atoms with Crippen LogP contribution in [0.3, 0.4) is 0 Å². The molecule has 20 heavy (non-hydrogen) atoms. The molecule has 2 rings (SSSR count). The topological polar surface area (TPSA) is 99.4 Å². The van der Waals surface area contributed by atoms with Crippen LogP contribution in [-0.4, -0.2) is 30.1 Å². The third-order valence-electron chi connectivity index (χ3n) is 2.56. The van der Waals surface area contributed by atoms with Gasteiger partial charge < -0.3 is 20.5 Å². The molecule has 0 saturated carbocycles. The molecule has 0 unspecified atom stereocenters. The highest BCUT2D eigenvalue weighted by Gasteiger charge is 2.12. The number of carbonyl (C=O) groups excluding carboxylic acids is 1. The number of carbonyl (C=O) groups is 1. The van der Waals surface area contributed by atoms with Gasteiger partial charge in [0.15, 0.2) is 0 Å². The van der Waals surface area contributed by atoms with Crippen molar-refractivity contribution in [2.75, 3.05) is 25.3 Å². The lowest BCUT2D eigenvalue weighted by atomic mass is 10.2. The smallest absolute Gasteiger partial charge is 0.275 e. The van der Waals surface area contributed by atoms with Gasteiger partial charge in [0.1, 0.15) is 23.0 Å². The van der Waals surface area contributed by atoms with Crippen LogP contribution in [0.15, 0.2) is 30.6 Å². The van der Waals surface area contributed by atoms with Gasteiger partial charge in [0.25, 0.3) is 5.91 Å². The summed E-state index contributed by atoms with van der Waals surface area (Å²) in [6.07, 6.45) is 2.62. The molecule has 7 heteroatoms. The van der Waals surface area contributed by atoms with Gasteiger partial charge in [-0.25, -0.2) is 9.97 Å². The SMILES string of the molecule is COc1ccc(OC)c(NC(=O)c2cnc(N)cn2)c1. The van der Waals surface area contributed by atoms with Crippen molar-refractivity contribution in [1.29, 1.82) is 0 Å². The molecule has 1 amide bonds. The molecule has 0 radical (unpaired) electrons. The maximum absolute atomic E-state index is 12.0. The number of ether oxygens (including phenoxy) is 2. The van der Waals surface area contributed by atoms with Gasteiger partial charge in [0, 0.05) is 6.07 Å². The second-order valence-corrected chi connectivity index (χ2v) is 3.85. The zero-order chi connectivity index (χ0) is 14.5. The number of nitrogens with two attached hydrogens (primary N) is 1. The van der Waals surface area contributed by atoms with Crippen LogP contribution in [0.4, 0.5) is 11.5 Å². The third-order valence-corrected chi connectivity index (χ3v) is 2.56. The quantitative estimate of drug-likeness (QED) is 0.872. The molecule has 0 aliphatic heterocycles. The summed E-state index contributed by atoms with van der Waals surface area (Å²) < 4.78 is 10.3. The Bertz CT molecular complexity index is 614. The van der Waals surface area contributed by atoms with E-state index in [2.05, 4.69) is 15.3 Å².